The number of benzene rings is 3. The Morgan fingerprint density at radius 3 is 2.70 bits per heavy atom. The lowest BCUT2D eigenvalue weighted by molar-refractivity contribution is -0.0175. The van der Waals surface area contributed by atoms with Crippen LogP contribution in [0, 0.1) is 0 Å². The van der Waals surface area contributed by atoms with Crippen LogP contribution in [0.5, 0.6) is 17.2 Å². The van der Waals surface area contributed by atoms with Gasteiger partial charge in [-0.05, 0) is 48.0 Å². The summed E-state index contributed by atoms with van der Waals surface area (Å²) in [5, 5.41) is 0.595. The molecular weight excluding hydrogens is 442 g/mol. The van der Waals surface area contributed by atoms with Gasteiger partial charge in [0.05, 0.1) is 12.2 Å². The molecule has 0 fully saturated rings. The number of carbonyl (C=O) groups excluding carboxylic acids is 1. The quantitative estimate of drug-likeness (QED) is 0.468. The standard InChI is InChI=1S/C26H22ClNO5/c1-28(2)20-5-3-16(4-6-20)9-24-25(29)22-8-7-21(12-23(22)33-24)31-14-18-11-19(27)10-17-13-30-15-32-26(17)18/h3-12H,13-15H2,1-2H3/b24-9-. The van der Waals surface area contributed by atoms with Gasteiger partial charge in [-0.25, -0.2) is 0 Å². The predicted molar refractivity (Wildman–Crippen MR) is 126 cm³/mol. The minimum Gasteiger partial charge on any atom is -0.489 e. The van der Waals surface area contributed by atoms with Crippen LogP contribution in [0.2, 0.25) is 5.02 Å². The van der Waals surface area contributed by atoms with Gasteiger partial charge < -0.3 is 23.8 Å². The molecule has 2 aliphatic heterocycles. The molecule has 0 aliphatic carbocycles. The van der Waals surface area contributed by atoms with Crippen molar-refractivity contribution in [3.05, 3.63) is 87.6 Å². The first kappa shape index (κ1) is 21.4. The number of hydrogen-bond donors (Lipinski definition) is 0. The summed E-state index contributed by atoms with van der Waals surface area (Å²) < 4.78 is 22.8. The number of rotatable bonds is 5. The molecule has 0 amide bonds. The van der Waals surface area contributed by atoms with E-state index in [2.05, 4.69) is 0 Å². The van der Waals surface area contributed by atoms with Gasteiger partial charge in [-0.1, -0.05) is 23.7 Å². The number of ether oxygens (including phenoxy) is 4. The van der Waals surface area contributed by atoms with Crippen molar-refractivity contribution in [3.8, 4) is 17.2 Å². The highest BCUT2D eigenvalue weighted by Gasteiger charge is 2.28. The van der Waals surface area contributed by atoms with Crippen molar-refractivity contribution in [2.45, 2.75) is 13.2 Å². The number of Topliss-reactive ketones (excluding diaryl/α,β-unsaturated/α-hetero) is 1. The summed E-state index contributed by atoms with van der Waals surface area (Å²) in [4.78, 5) is 14.8. The topological polar surface area (TPSA) is 57.2 Å². The van der Waals surface area contributed by atoms with Crippen LogP contribution in [-0.2, 0) is 18.0 Å². The van der Waals surface area contributed by atoms with Crippen molar-refractivity contribution in [2.24, 2.45) is 0 Å². The van der Waals surface area contributed by atoms with Crippen LogP contribution in [0.3, 0.4) is 0 Å². The van der Waals surface area contributed by atoms with Gasteiger partial charge in [0.1, 0.15) is 23.9 Å². The van der Waals surface area contributed by atoms with Gasteiger partial charge in [0, 0.05) is 42.0 Å². The van der Waals surface area contributed by atoms with Crippen LogP contribution < -0.4 is 19.1 Å². The number of anilines is 1. The van der Waals surface area contributed by atoms with Crippen LogP contribution in [0.1, 0.15) is 27.0 Å². The molecule has 0 radical (unpaired) electrons. The Hall–Kier alpha value is -3.48. The molecular formula is C26H22ClNO5. The van der Waals surface area contributed by atoms with Crippen LogP contribution in [0.4, 0.5) is 5.69 Å². The summed E-state index contributed by atoms with van der Waals surface area (Å²) in [6, 6.07) is 16.8. The molecule has 6 nitrogen and oxygen atoms in total. The number of allylic oxidation sites excluding steroid dienone is 1. The largest absolute Gasteiger partial charge is 0.489 e. The second kappa shape index (κ2) is 8.81. The number of fused-ring (bicyclic) bond motifs is 2. The highest BCUT2D eigenvalue weighted by molar-refractivity contribution is 6.30. The molecule has 2 heterocycles. The average Bonchev–Trinajstić information content (AvgIpc) is 3.12. The molecule has 0 atom stereocenters. The summed E-state index contributed by atoms with van der Waals surface area (Å²) in [7, 11) is 3.96. The Balaban J connectivity index is 1.32. The lowest BCUT2D eigenvalue weighted by Crippen LogP contribution is -2.14. The van der Waals surface area contributed by atoms with Gasteiger partial charge in [0.25, 0.3) is 0 Å². The average molecular weight is 464 g/mol. The maximum absolute atomic E-state index is 12.8. The second-order valence-corrected chi connectivity index (χ2v) is 8.47. The van der Waals surface area contributed by atoms with E-state index in [0.717, 1.165) is 28.1 Å². The molecule has 0 spiro atoms. The minimum absolute atomic E-state index is 0.148. The van der Waals surface area contributed by atoms with E-state index in [-0.39, 0.29) is 24.9 Å². The maximum Gasteiger partial charge on any atom is 0.231 e. The Kier molecular flexibility index (Phi) is 5.70. The van der Waals surface area contributed by atoms with E-state index >= 15 is 0 Å². The van der Waals surface area contributed by atoms with Gasteiger partial charge >= 0.3 is 0 Å². The smallest absolute Gasteiger partial charge is 0.231 e. The second-order valence-electron chi connectivity index (χ2n) is 8.04. The summed E-state index contributed by atoms with van der Waals surface area (Å²) in [5.41, 5.74) is 4.21. The van der Waals surface area contributed by atoms with Crippen LogP contribution >= 0.6 is 11.6 Å². The summed E-state index contributed by atoms with van der Waals surface area (Å²) >= 11 is 6.23. The Bertz CT molecular complexity index is 1250. The summed E-state index contributed by atoms with van der Waals surface area (Å²) in [6.07, 6.45) is 1.75. The lowest BCUT2D eigenvalue weighted by atomic mass is 10.1. The van der Waals surface area contributed by atoms with Gasteiger partial charge in [-0.15, -0.1) is 0 Å². The van der Waals surface area contributed by atoms with E-state index in [1.54, 1.807) is 24.3 Å². The zero-order valence-electron chi connectivity index (χ0n) is 18.3. The van der Waals surface area contributed by atoms with Crippen molar-refractivity contribution in [1.82, 2.24) is 0 Å². The van der Waals surface area contributed by atoms with E-state index in [0.29, 0.717) is 28.7 Å². The lowest BCUT2D eigenvalue weighted by Gasteiger charge is -2.21. The van der Waals surface area contributed by atoms with Crippen molar-refractivity contribution >= 4 is 29.1 Å². The molecule has 0 unspecified atom stereocenters. The fraction of sp³-hybridized carbons (Fsp3) is 0.192. The molecule has 0 bridgehead atoms. The molecule has 7 heteroatoms. The monoisotopic (exact) mass is 463 g/mol. The fourth-order valence-electron chi connectivity index (χ4n) is 3.80. The summed E-state index contributed by atoms with van der Waals surface area (Å²) in [5.74, 6) is 1.94. The van der Waals surface area contributed by atoms with Gasteiger partial charge in [-0.3, -0.25) is 4.79 Å². The molecule has 3 aromatic rings. The molecule has 168 valence electrons. The molecule has 33 heavy (non-hydrogen) atoms. The Morgan fingerprint density at radius 2 is 1.91 bits per heavy atom. The fourth-order valence-corrected chi connectivity index (χ4v) is 4.07. The molecule has 0 aromatic heterocycles. The van der Waals surface area contributed by atoms with Crippen LogP contribution in [-0.4, -0.2) is 26.7 Å². The van der Waals surface area contributed by atoms with Crippen molar-refractivity contribution in [1.29, 1.82) is 0 Å². The molecule has 2 aliphatic rings. The zero-order valence-corrected chi connectivity index (χ0v) is 19.0. The van der Waals surface area contributed by atoms with E-state index in [9.17, 15) is 4.79 Å². The molecule has 3 aromatic carbocycles. The number of halogens is 1. The maximum atomic E-state index is 12.8. The number of nitrogens with zero attached hydrogens (tertiary/aromatic N) is 1. The first-order chi connectivity index (χ1) is 16.0. The van der Waals surface area contributed by atoms with E-state index < -0.39 is 0 Å². The number of carbonyl (C=O) groups is 1. The van der Waals surface area contributed by atoms with E-state index in [1.165, 1.54) is 0 Å². The highest BCUT2D eigenvalue weighted by atomic mass is 35.5. The van der Waals surface area contributed by atoms with E-state index in [1.807, 2.05) is 55.4 Å². The first-order valence-corrected chi connectivity index (χ1v) is 10.9. The van der Waals surface area contributed by atoms with Gasteiger partial charge in [0.2, 0.25) is 5.78 Å². The third kappa shape index (κ3) is 4.40. The highest BCUT2D eigenvalue weighted by Crippen LogP contribution is 2.36. The third-order valence-corrected chi connectivity index (χ3v) is 5.71. The predicted octanol–water partition coefficient (Wildman–Crippen LogP) is 5.47. The number of ketones is 1. The number of hydrogen-bond acceptors (Lipinski definition) is 6. The Morgan fingerprint density at radius 1 is 1.09 bits per heavy atom. The van der Waals surface area contributed by atoms with Gasteiger partial charge in [-0.2, -0.15) is 0 Å². The molecule has 0 saturated carbocycles. The first-order valence-electron chi connectivity index (χ1n) is 10.5. The van der Waals surface area contributed by atoms with Crippen molar-refractivity contribution in [3.63, 3.8) is 0 Å². The SMILES string of the molecule is CN(C)c1ccc(/C=C2\Oc3cc(OCc4cc(Cl)cc5c4OCOC5)ccc3C2=O)cc1. The molecule has 0 saturated heterocycles. The minimum atomic E-state index is -0.148. The van der Waals surface area contributed by atoms with Gasteiger partial charge in [0.15, 0.2) is 12.6 Å². The zero-order chi connectivity index (χ0) is 22.9. The summed E-state index contributed by atoms with van der Waals surface area (Å²) in [6.45, 7) is 0.907. The molecule has 5 rings (SSSR count). The molecule has 0 N–H and O–H groups in total. The van der Waals surface area contributed by atoms with Crippen molar-refractivity contribution < 1.29 is 23.7 Å². The van der Waals surface area contributed by atoms with Crippen molar-refractivity contribution in [2.75, 3.05) is 25.8 Å². The normalized spacial score (nSPS) is 15.5. The Labute approximate surface area is 196 Å². The van der Waals surface area contributed by atoms with Crippen LogP contribution in [0.25, 0.3) is 6.08 Å². The third-order valence-electron chi connectivity index (χ3n) is 5.49. The van der Waals surface area contributed by atoms with E-state index in [4.69, 9.17) is 30.5 Å². The van der Waals surface area contributed by atoms with Crippen LogP contribution in [0.15, 0.2) is 60.4 Å².